The first-order valence-electron chi connectivity index (χ1n) is 5.51. The summed E-state index contributed by atoms with van der Waals surface area (Å²) >= 11 is 0. The molecule has 0 fully saturated rings. The van der Waals surface area contributed by atoms with Crippen LogP contribution in [0, 0.1) is 0 Å². The smallest absolute Gasteiger partial charge is 0.248 e. The number of anilines is 1. The zero-order chi connectivity index (χ0) is 13.2. The van der Waals surface area contributed by atoms with E-state index in [4.69, 9.17) is 10.5 Å². The zero-order valence-corrected chi connectivity index (χ0v) is 10.9. The second-order valence-electron chi connectivity index (χ2n) is 4.06. The van der Waals surface area contributed by atoms with E-state index >= 15 is 0 Å². The fourth-order valence-electron chi connectivity index (χ4n) is 1.86. The summed E-state index contributed by atoms with van der Waals surface area (Å²) in [6.07, 6.45) is 3.78. The van der Waals surface area contributed by atoms with Crippen LogP contribution < -0.4 is 5.73 Å². The number of nitrogens with one attached hydrogen (secondary N) is 1. The summed E-state index contributed by atoms with van der Waals surface area (Å²) in [5.74, 6) is 0.0710. The van der Waals surface area contributed by atoms with E-state index in [9.17, 15) is 8.42 Å². The Kier molecular flexibility index (Phi) is 3.69. The number of ether oxygens (including phenoxy) is 1. The van der Waals surface area contributed by atoms with E-state index in [0.29, 0.717) is 26.1 Å². The van der Waals surface area contributed by atoms with Crippen LogP contribution in [0.15, 0.2) is 22.7 Å². The largest absolute Gasteiger partial charge is 0.383 e. The monoisotopic (exact) mass is 272 g/mol. The number of methoxy groups -OCH3 is 1. The number of hydrogen-bond acceptors (Lipinski definition) is 5. The molecule has 0 saturated heterocycles. The van der Waals surface area contributed by atoms with E-state index in [1.165, 1.54) is 10.5 Å². The summed E-state index contributed by atoms with van der Waals surface area (Å²) < 4.78 is 30.9. The van der Waals surface area contributed by atoms with Crippen molar-refractivity contribution in [1.82, 2.24) is 14.5 Å². The number of H-pyrrole nitrogens is 1. The minimum absolute atomic E-state index is 0.0334. The van der Waals surface area contributed by atoms with Crippen LogP contribution in [0.25, 0.3) is 0 Å². The van der Waals surface area contributed by atoms with E-state index in [1.54, 1.807) is 7.11 Å². The van der Waals surface area contributed by atoms with E-state index in [2.05, 4.69) is 10.2 Å². The van der Waals surface area contributed by atoms with E-state index in [-0.39, 0.29) is 10.7 Å². The Morgan fingerprint density at radius 3 is 2.89 bits per heavy atom. The Hall–Kier alpha value is -1.38. The molecular formula is C10H16N4O3S. The lowest BCUT2D eigenvalue weighted by molar-refractivity contribution is 0.219. The normalized spacial score (nSPS) is 17.7. The molecule has 7 nitrogen and oxygen atoms in total. The predicted octanol–water partition coefficient (Wildman–Crippen LogP) is -0.0409. The zero-order valence-electron chi connectivity index (χ0n) is 10.1. The van der Waals surface area contributed by atoms with Gasteiger partial charge in [-0.2, -0.15) is 9.40 Å². The van der Waals surface area contributed by atoms with Crippen LogP contribution in [0.1, 0.15) is 6.42 Å². The van der Waals surface area contributed by atoms with Gasteiger partial charge in [0.05, 0.1) is 12.8 Å². The number of hydrogen-bond donors (Lipinski definition) is 2. The van der Waals surface area contributed by atoms with E-state index < -0.39 is 10.0 Å². The molecule has 18 heavy (non-hydrogen) atoms. The molecule has 2 heterocycles. The quantitative estimate of drug-likeness (QED) is 0.749. The summed E-state index contributed by atoms with van der Waals surface area (Å²) in [5.41, 5.74) is 6.66. The molecule has 3 N–H and O–H groups in total. The molecule has 1 aromatic rings. The number of nitrogens with zero attached hydrogens (tertiary/aromatic N) is 2. The molecule has 0 aromatic carbocycles. The first kappa shape index (κ1) is 13.1. The topological polar surface area (TPSA) is 101 Å². The molecule has 1 aromatic heterocycles. The van der Waals surface area contributed by atoms with Gasteiger partial charge in [0, 0.05) is 20.2 Å². The fraction of sp³-hybridized carbons (Fsp3) is 0.500. The maximum atomic E-state index is 12.3. The van der Waals surface area contributed by atoms with Gasteiger partial charge in [0.15, 0.2) is 0 Å². The minimum atomic E-state index is -3.56. The average Bonchev–Trinajstić information content (AvgIpc) is 2.77. The predicted molar refractivity (Wildman–Crippen MR) is 66.3 cm³/mol. The minimum Gasteiger partial charge on any atom is -0.383 e. The molecule has 0 amide bonds. The third-order valence-corrected chi connectivity index (χ3v) is 4.74. The molecule has 2 rings (SSSR count). The molecule has 0 aliphatic carbocycles. The SMILES string of the molecule is COCC1=CCN(S(=O)(=O)c2cn[nH]c2N)CC1. The highest BCUT2D eigenvalue weighted by molar-refractivity contribution is 7.89. The third kappa shape index (κ3) is 2.40. The second-order valence-corrected chi connectivity index (χ2v) is 5.96. The van der Waals surface area contributed by atoms with Crippen LogP contribution in [0.3, 0.4) is 0 Å². The highest BCUT2D eigenvalue weighted by atomic mass is 32.2. The molecular weight excluding hydrogens is 256 g/mol. The summed E-state index contributed by atoms with van der Waals surface area (Å²) in [6.45, 7) is 1.32. The summed E-state index contributed by atoms with van der Waals surface area (Å²) in [5, 5.41) is 6.07. The first-order valence-corrected chi connectivity index (χ1v) is 6.95. The molecule has 0 unspecified atom stereocenters. The summed E-state index contributed by atoms with van der Waals surface area (Å²) in [6, 6.07) is 0. The van der Waals surface area contributed by atoms with Gasteiger partial charge in [0.1, 0.15) is 10.7 Å². The van der Waals surface area contributed by atoms with Crippen molar-refractivity contribution in [2.75, 3.05) is 32.5 Å². The van der Waals surface area contributed by atoms with Gasteiger partial charge in [-0.15, -0.1) is 0 Å². The van der Waals surface area contributed by atoms with Crippen LogP contribution in [0.2, 0.25) is 0 Å². The number of nitrogen functional groups attached to an aromatic ring is 1. The van der Waals surface area contributed by atoms with Crippen LogP contribution in [0.4, 0.5) is 5.82 Å². The van der Waals surface area contributed by atoms with Gasteiger partial charge in [0.2, 0.25) is 10.0 Å². The van der Waals surface area contributed by atoms with Gasteiger partial charge in [-0.25, -0.2) is 8.42 Å². The number of aromatic amines is 1. The molecule has 0 radical (unpaired) electrons. The van der Waals surface area contributed by atoms with Crippen LogP contribution in [0.5, 0.6) is 0 Å². The standard InChI is InChI=1S/C10H16N4O3S/c1-17-7-8-2-4-14(5-3-8)18(15,16)9-6-12-13-10(9)11/h2,6H,3-5,7H2,1H3,(H3,11,12,13). The lowest BCUT2D eigenvalue weighted by Gasteiger charge is -2.25. The van der Waals surface area contributed by atoms with Gasteiger partial charge >= 0.3 is 0 Å². The maximum Gasteiger partial charge on any atom is 0.248 e. The van der Waals surface area contributed by atoms with E-state index in [0.717, 1.165) is 5.57 Å². The molecule has 0 spiro atoms. The maximum absolute atomic E-state index is 12.3. The Morgan fingerprint density at radius 2 is 2.39 bits per heavy atom. The van der Waals surface area contributed by atoms with Crippen LogP contribution in [-0.2, 0) is 14.8 Å². The first-order chi connectivity index (χ1) is 8.55. The molecule has 8 heteroatoms. The lowest BCUT2D eigenvalue weighted by atomic mass is 10.1. The third-order valence-electron chi connectivity index (χ3n) is 2.85. The molecule has 0 bridgehead atoms. The Labute approximate surface area is 106 Å². The number of aromatic nitrogens is 2. The highest BCUT2D eigenvalue weighted by Gasteiger charge is 2.28. The Morgan fingerprint density at radius 1 is 1.61 bits per heavy atom. The van der Waals surface area contributed by atoms with Gasteiger partial charge in [-0.3, -0.25) is 5.10 Å². The summed E-state index contributed by atoms with van der Waals surface area (Å²) in [4.78, 5) is 0.0334. The molecule has 1 aliphatic heterocycles. The molecule has 100 valence electrons. The van der Waals surface area contributed by atoms with Gasteiger partial charge in [-0.05, 0) is 12.0 Å². The number of nitrogens with two attached hydrogens (primary N) is 1. The molecule has 1 aliphatic rings. The van der Waals surface area contributed by atoms with Crippen molar-refractivity contribution < 1.29 is 13.2 Å². The lowest BCUT2D eigenvalue weighted by Crippen LogP contribution is -2.35. The van der Waals surface area contributed by atoms with Crippen molar-refractivity contribution >= 4 is 15.8 Å². The fourth-order valence-corrected chi connectivity index (χ4v) is 3.25. The van der Waals surface area contributed by atoms with Gasteiger partial charge in [0.25, 0.3) is 0 Å². The average molecular weight is 272 g/mol. The Balaban J connectivity index is 2.17. The summed E-state index contributed by atoms with van der Waals surface area (Å²) in [7, 11) is -1.94. The van der Waals surface area contributed by atoms with Crippen molar-refractivity contribution in [3.05, 3.63) is 17.8 Å². The van der Waals surface area contributed by atoms with E-state index in [1.807, 2.05) is 6.08 Å². The highest BCUT2D eigenvalue weighted by Crippen LogP contribution is 2.23. The van der Waals surface area contributed by atoms with Crippen molar-refractivity contribution in [2.24, 2.45) is 0 Å². The van der Waals surface area contributed by atoms with Crippen molar-refractivity contribution in [3.63, 3.8) is 0 Å². The molecule has 0 saturated carbocycles. The number of rotatable bonds is 4. The Bertz CT molecular complexity index is 549. The molecule has 0 atom stereocenters. The number of sulfonamides is 1. The van der Waals surface area contributed by atoms with Crippen LogP contribution >= 0.6 is 0 Å². The second kappa shape index (κ2) is 5.09. The van der Waals surface area contributed by atoms with Gasteiger partial charge in [-0.1, -0.05) is 6.08 Å². The van der Waals surface area contributed by atoms with Crippen molar-refractivity contribution in [3.8, 4) is 0 Å². The van der Waals surface area contributed by atoms with Crippen molar-refractivity contribution in [2.45, 2.75) is 11.3 Å². The van der Waals surface area contributed by atoms with Crippen LogP contribution in [-0.4, -0.2) is 49.7 Å². The van der Waals surface area contributed by atoms with Gasteiger partial charge < -0.3 is 10.5 Å². The van der Waals surface area contributed by atoms with Crippen molar-refractivity contribution in [1.29, 1.82) is 0 Å².